The Morgan fingerprint density at radius 3 is 2.00 bits per heavy atom. The van der Waals surface area contributed by atoms with Gasteiger partial charge in [0.2, 0.25) is 0 Å². The van der Waals surface area contributed by atoms with Crippen LogP contribution in [0.2, 0.25) is 18.6 Å². The molecule has 0 amide bonds. The van der Waals surface area contributed by atoms with Crippen molar-refractivity contribution in [1.29, 1.82) is 0 Å². The summed E-state index contributed by atoms with van der Waals surface area (Å²) in [6.45, 7) is 10.1. The number of allylic oxidation sites excluding steroid dienone is 10. The van der Waals surface area contributed by atoms with Crippen LogP contribution < -0.4 is 5.32 Å². The first-order chi connectivity index (χ1) is 17.5. The molecule has 1 aliphatic heterocycles. The Morgan fingerprint density at radius 2 is 1.39 bits per heavy atom. The lowest BCUT2D eigenvalue weighted by atomic mass is 9.83. The van der Waals surface area contributed by atoms with E-state index in [0.29, 0.717) is 47.3 Å². The molecule has 2 fully saturated rings. The van der Waals surface area contributed by atoms with E-state index >= 15 is 0 Å². The molecule has 0 bridgehead atoms. The largest absolute Gasteiger partial charge is 0.301 e. The molecule has 4 aliphatic carbocycles. The maximum atomic E-state index is 4.08. The van der Waals surface area contributed by atoms with Crippen molar-refractivity contribution in [3.63, 3.8) is 0 Å². The SMILES string of the molecule is CC(C)[C@H]1NC2C(C#Cc3ccccc3)=CC=C[C@H]2N1[Si](C)(C)C1C2C=CC=CC2C2C=CC=CC21. The Hall–Kier alpha value is -2.64. The van der Waals surface area contributed by atoms with Crippen LogP contribution in [-0.4, -0.2) is 31.1 Å². The fraction of sp³-hybridized carbons (Fsp3) is 0.394. The lowest BCUT2D eigenvalue weighted by Gasteiger charge is -2.49. The van der Waals surface area contributed by atoms with Gasteiger partial charge in [-0.15, -0.1) is 0 Å². The van der Waals surface area contributed by atoms with Crippen molar-refractivity contribution >= 4 is 8.24 Å². The standard InChI is InChI=1S/C33H38N2Si/c1-23(2)33-34-31-25(22-21-24-13-6-5-7-14-24)15-12-20-30(31)35(33)36(3,4)32-28-18-10-8-16-26(28)27-17-9-11-19-29(27)32/h5-20,23,26-34H,1-4H3/t26?,27?,28?,29?,30-,31?,32?,33+/m1/s1. The molecule has 1 aromatic rings. The highest BCUT2D eigenvalue weighted by Crippen LogP contribution is 2.59. The van der Waals surface area contributed by atoms with Gasteiger partial charge in [-0.2, -0.15) is 0 Å². The van der Waals surface area contributed by atoms with Crippen LogP contribution in [-0.2, 0) is 0 Å². The van der Waals surface area contributed by atoms with Crippen molar-refractivity contribution in [3.8, 4) is 11.8 Å². The van der Waals surface area contributed by atoms with Gasteiger partial charge in [0.25, 0.3) is 0 Å². The lowest BCUT2D eigenvalue weighted by molar-refractivity contribution is 0.258. The molecule has 1 heterocycles. The summed E-state index contributed by atoms with van der Waals surface area (Å²) in [5.41, 5.74) is 2.97. The van der Waals surface area contributed by atoms with Crippen LogP contribution in [0.25, 0.3) is 0 Å². The van der Waals surface area contributed by atoms with E-state index in [4.69, 9.17) is 0 Å². The van der Waals surface area contributed by atoms with Crippen molar-refractivity contribution < 1.29 is 0 Å². The molecule has 1 aromatic carbocycles. The monoisotopic (exact) mass is 490 g/mol. The third kappa shape index (κ3) is 3.87. The first kappa shape index (κ1) is 23.7. The summed E-state index contributed by atoms with van der Waals surface area (Å²) < 4.78 is 2.96. The number of nitrogens with one attached hydrogen (secondary N) is 1. The molecule has 184 valence electrons. The van der Waals surface area contributed by atoms with Gasteiger partial charge in [0.1, 0.15) is 8.24 Å². The van der Waals surface area contributed by atoms with Gasteiger partial charge in [0, 0.05) is 17.2 Å². The highest BCUT2D eigenvalue weighted by Gasteiger charge is 2.59. The predicted octanol–water partition coefficient (Wildman–Crippen LogP) is 6.46. The van der Waals surface area contributed by atoms with Crippen LogP contribution in [0.4, 0.5) is 0 Å². The molecule has 1 N–H and O–H groups in total. The van der Waals surface area contributed by atoms with Crippen LogP contribution in [0, 0.1) is 41.4 Å². The van der Waals surface area contributed by atoms with Crippen molar-refractivity contribution in [2.75, 3.05) is 0 Å². The van der Waals surface area contributed by atoms with Crippen molar-refractivity contribution in [1.82, 2.24) is 9.88 Å². The Bertz CT molecular complexity index is 1200. The van der Waals surface area contributed by atoms with E-state index in [1.807, 2.05) is 6.07 Å². The molecule has 0 aromatic heterocycles. The quantitative estimate of drug-likeness (QED) is 0.386. The first-order valence-corrected chi connectivity index (χ1v) is 16.7. The normalized spacial score (nSPS) is 36.3. The van der Waals surface area contributed by atoms with Crippen molar-refractivity contribution in [2.45, 2.75) is 50.7 Å². The number of fused-ring (bicyclic) bond motifs is 4. The molecular weight excluding hydrogens is 452 g/mol. The smallest absolute Gasteiger partial charge is 0.129 e. The van der Waals surface area contributed by atoms with Crippen molar-refractivity contribution in [3.05, 3.63) is 108 Å². The summed E-state index contributed by atoms with van der Waals surface area (Å²) in [5.74, 6) is 9.97. The van der Waals surface area contributed by atoms with E-state index < -0.39 is 8.24 Å². The number of hydrogen-bond acceptors (Lipinski definition) is 2. The Labute approximate surface area is 218 Å². The Morgan fingerprint density at radius 1 is 0.778 bits per heavy atom. The highest BCUT2D eigenvalue weighted by molar-refractivity contribution is 6.76. The fourth-order valence-corrected chi connectivity index (χ4v) is 12.7. The van der Waals surface area contributed by atoms with Gasteiger partial charge >= 0.3 is 0 Å². The van der Waals surface area contributed by atoms with E-state index in [2.05, 4.69) is 140 Å². The number of hydrogen-bond donors (Lipinski definition) is 1. The number of benzene rings is 1. The van der Waals surface area contributed by atoms with Crippen LogP contribution >= 0.6 is 0 Å². The molecular formula is C33H38N2Si. The van der Waals surface area contributed by atoms with Gasteiger partial charge in [-0.3, -0.25) is 5.32 Å². The zero-order valence-corrected chi connectivity index (χ0v) is 22.9. The molecule has 0 spiro atoms. The van der Waals surface area contributed by atoms with Gasteiger partial charge in [0.15, 0.2) is 0 Å². The van der Waals surface area contributed by atoms with Crippen molar-refractivity contribution in [2.24, 2.45) is 29.6 Å². The molecule has 3 heteroatoms. The third-order valence-corrected chi connectivity index (χ3v) is 13.5. The Balaban J connectivity index is 1.36. The van der Waals surface area contributed by atoms with E-state index in [1.54, 1.807) is 0 Å². The number of rotatable bonds is 3. The summed E-state index contributed by atoms with van der Waals surface area (Å²) >= 11 is 0. The van der Waals surface area contributed by atoms with E-state index in [-0.39, 0.29) is 6.04 Å². The molecule has 36 heavy (non-hydrogen) atoms. The minimum Gasteiger partial charge on any atom is -0.301 e. The van der Waals surface area contributed by atoms with Crippen LogP contribution in [0.3, 0.4) is 0 Å². The van der Waals surface area contributed by atoms with E-state index in [1.165, 1.54) is 5.57 Å². The molecule has 1 saturated carbocycles. The highest BCUT2D eigenvalue weighted by atomic mass is 28.3. The predicted molar refractivity (Wildman–Crippen MR) is 153 cm³/mol. The second-order valence-electron chi connectivity index (χ2n) is 11.9. The van der Waals surface area contributed by atoms with Crippen LogP contribution in [0.15, 0.2) is 103 Å². The summed E-state index contributed by atoms with van der Waals surface area (Å²) in [7, 11) is -1.93. The average molecular weight is 491 g/mol. The zero-order valence-electron chi connectivity index (χ0n) is 21.9. The van der Waals surface area contributed by atoms with Gasteiger partial charge in [-0.05, 0) is 53.3 Å². The summed E-state index contributed by atoms with van der Waals surface area (Å²) in [6, 6.07) is 11.0. The maximum Gasteiger partial charge on any atom is 0.129 e. The van der Waals surface area contributed by atoms with Gasteiger partial charge in [-0.25, -0.2) is 0 Å². The van der Waals surface area contributed by atoms with Crippen LogP contribution in [0.1, 0.15) is 19.4 Å². The lowest BCUT2D eigenvalue weighted by Crippen LogP contribution is -2.61. The van der Waals surface area contributed by atoms with Gasteiger partial charge < -0.3 is 4.57 Å². The minimum atomic E-state index is -1.93. The topological polar surface area (TPSA) is 15.3 Å². The molecule has 2 nitrogen and oxygen atoms in total. The molecule has 6 rings (SSSR count). The maximum absolute atomic E-state index is 4.08. The van der Waals surface area contributed by atoms with Crippen LogP contribution in [0.5, 0.6) is 0 Å². The molecule has 5 unspecified atom stereocenters. The first-order valence-electron chi connectivity index (χ1n) is 13.7. The summed E-state index contributed by atoms with van der Waals surface area (Å²) in [4.78, 5) is 0. The number of nitrogens with zero attached hydrogens (tertiary/aromatic N) is 1. The second kappa shape index (κ2) is 9.34. The van der Waals surface area contributed by atoms with Gasteiger partial charge in [-0.1, -0.05) is 118 Å². The third-order valence-electron chi connectivity index (χ3n) is 9.19. The molecule has 1 saturated heterocycles. The molecule has 5 aliphatic rings. The molecule has 7 atom stereocenters. The minimum absolute atomic E-state index is 0.252. The Kier molecular flexibility index (Phi) is 6.16. The van der Waals surface area contributed by atoms with Gasteiger partial charge in [0.05, 0.1) is 12.2 Å². The molecule has 0 radical (unpaired) electrons. The zero-order chi connectivity index (χ0) is 24.9. The summed E-state index contributed by atoms with van der Waals surface area (Å²) in [6.07, 6.45) is 26.5. The second-order valence-corrected chi connectivity index (χ2v) is 16.4. The van der Waals surface area contributed by atoms with E-state index in [0.717, 1.165) is 5.56 Å². The van der Waals surface area contributed by atoms with E-state index in [9.17, 15) is 0 Å². The average Bonchev–Trinajstić information content (AvgIpc) is 3.46. The fourth-order valence-electron chi connectivity index (χ4n) is 7.75. The summed E-state index contributed by atoms with van der Waals surface area (Å²) in [5, 5.41) is 4.08.